The maximum Gasteiger partial charge on any atom is 0.339 e. The van der Waals surface area contributed by atoms with Gasteiger partial charge in [0.2, 0.25) is 0 Å². The van der Waals surface area contributed by atoms with Crippen LogP contribution in [0.5, 0.6) is 5.75 Å². The molecule has 0 aliphatic rings. The summed E-state index contributed by atoms with van der Waals surface area (Å²) in [6.45, 7) is 1.46. The second-order valence-corrected chi connectivity index (χ2v) is 4.72. The molecule has 0 radical (unpaired) electrons. The molecule has 120 valence electrons. The number of nitrogens with zero attached hydrogens (tertiary/aromatic N) is 1. The van der Waals surface area contributed by atoms with E-state index in [1.807, 2.05) is 0 Å². The van der Waals surface area contributed by atoms with Crippen molar-refractivity contribution in [3.05, 3.63) is 59.6 Å². The Morgan fingerprint density at radius 1 is 1.22 bits per heavy atom. The molecule has 1 amide bonds. The minimum atomic E-state index is -0.992. The predicted molar refractivity (Wildman–Crippen MR) is 81.9 cm³/mol. The van der Waals surface area contributed by atoms with Crippen molar-refractivity contribution in [2.75, 3.05) is 12.4 Å². The number of carbonyl (C=O) groups is 2. The number of pyridine rings is 1. The summed E-state index contributed by atoms with van der Waals surface area (Å²) in [5, 5.41) is 13.6. The van der Waals surface area contributed by atoms with Crippen LogP contribution in [-0.2, 0) is 9.53 Å². The zero-order chi connectivity index (χ0) is 16.8. The molecule has 2 rings (SSSR count). The standard InChI is InChI=1S/C16H16N2O5/c1-11(23-16(20)12-6-8-18(21)9-7-12)15(19)17-13-4-3-5-14(10-13)22-2/h3-11H,1-2H3,(H,17,19)/t11-/m1/s1. The second kappa shape index (κ2) is 7.26. The largest absolute Gasteiger partial charge is 0.619 e. The molecule has 0 aliphatic carbocycles. The molecule has 23 heavy (non-hydrogen) atoms. The molecule has 1 atom stereocenters. The molecule has 0 bridgehead atoms. The molecule has 2 aromatic rings. The quantitative estimate of drug-likeness (QED) is 0.513. The molecule has 0 unspecified atom stereocenters. The Hall–Kier alpha value is -3.09. The van der Waals surface area contributed by atoms with Crippen molar-refractivity contribution >= 4 is 17.6 Å². The number of benzene rings is 1. The van der Waals surface area contributed by atoms with Crippen LogP contribution in [0.1, 0.15) is 17.3 Å². The molecule has 1 N–H and O–H groups in total. The van der Waals surface area contributed by atoms with Crippen LogP contribution in [0.4, 0.5) is 5.69 Å². The number of carbonyl (C=O) groups excluding carboxylic acids is 2. The van der Waals surface area contributed by atoms with Gasteiger partial charge in [-0.2, -0.15) is 4.73 Å². The molecule has 1 aromatic heterocycles. The Morgan fingerprint density at radius 3 is 2.57 bits per heavy atom. The van der Waals surface area contributed by atoms with Crippen LogP contribution in [-0.4, -0.2) is 25.1 Å². The Morgan fingerprint density at radius 2 is 1.91 bits per heavy atom. The van der Waals surface area contributed by atoms with E-state index in [2.05, 4.69) is 5.32 Å². The smallest absolute Gasteiger partial charge is 0.339 e. The van der Waals surface area contributed by atoms with E-state index in [-0.39, 0.29) is 5.56 Å². The highest BCUT2D eigenvalue weighted by Crippen LogP contribution is 2.17. The topological polar surface area (TPSA) is 91.6 Å². The number of anilines is 1. The van der Waals surface area contributed by atoms with Crippen molar-refractivity contribution in [1.82, 2.24) is 0 Å². The Balaban J connectivity index is 1.96. The lowest BCUT2D eigenvalue weighted by Gasteiger charge is -2.13. The van der Waals surface area contributed by atoms with Gasteiger partial charge in [0, 0.05) is 23.9 Å². The third-order valence-electron chi connectivity index (χ3n) is 3.03. The van der Waals surface area contributed by atoms with Gasteiger partial charge < -0.3 is 20.0 Å². The fraction of sp³-hybridized carbons (Fsp3) is 0.188. The number of amides is 1. The lowest BCUT2D eigenvalue weighted by molar-refractivity contribution is -0.605. The molecule has 1 heterocycles. The van der Waals surface area contributed by atoms with E-state index in [9.17, 15) is 14.8 Å². The van der Waals surface area contributed by atoms with E-state index < -0.39 is 18.0 Å². The maximum absolute atomic E-state index is 12.0. The first kappa shape index (κ1) is 16.3. The SMILES string of the molecule is COc1cccc(NC(=O)[C@@H](C)OC(=O)c2cc[n+]([O-])cc2)c1. The molecule has 0 saturated heterocycles. The minimum absolute atomic E-state index is 0.193. The van der Waals surface area contributed by atoms with Crippen LogP contribution in [0, 0.1) is 5.21 Å². The lowest BCUT2D eigenvalue weighted by atomic mass is 10.2. The van der Waals surface area contributed by atoms with Gasteiger partial charge in [0.05, 0.1) is 12.7 Å². The van der Waals surface area contributed by atoms with Crippen molar-refractivity contribution in [2.24, 2.45) is 0 Å². The highest BCUT2D eigenvalue weighted by Gasteiger charge is 2.19. The van der Waals surface area contributed by atoms with Gasteiger partial charge in [-0.3, -0.25) is 4.79 Å². The average molecular weight is 316 g/mol. The predicted octanol–water partition coefficient (Wildman–Crippen LogP) is 1.51. The second-order valence-electron chi connectivity index (χ2n) is 4.72. The number of hydrogen-bond donors (Lipinski definition) is 1. The van der Waals surface area contributed by atoms with Crippen LogP contribution in [0.15, 0.2) is 48.8 Å². The molecular weight excluding hydrogens is 300 g/mol. The molecule has 0 spiro atoms. The third kappa shape index (κ3) is 4.44. The Labute approximate surface area is 133 Å². The number of rotatable bonds is 5. The molecule has 7 heteroatoms. The Kier molecular flexibility index (Phi) is 5.14. The van der Waals surface area contributed by atoms with Gasteiger partial charge >= 0.3 is 5.97 Å². The summed E-state index contributed by atoms with van der Waals surface area (Å²) in [5.41, 5.74) is 0.725. The van der Waals surface area contributed by atoms with E-state index in [0.717, 1.165) is 0 Å². The summed E-state index contributed by atoms with van der Waals surface area (Å²) in [7, 11) is 1.52. The van der Waals surface area contributed by atoms with Crippen molar-refractivity contribution in [3.8, 4) is 5.75 Å². The highest BCUT2D eigenvalue weighted by atomic mass is 16.5. The van der Waals surface area contributed by atoms with Crippen LogP contribution in [0.25, 0.3) is 0 Å². The first-order chi connectivity index (χ1) is 11.0. The Bertz CT molecular complexity index is 700. The normalized spacial score (nSPS) is 11.4. The molecule has 0 fully saturated rings. The number of methoxy groups -OCH3 is 1. The van der Waals surface area contributed by atoms with E-state index in [0.29, 0.717) is 16.2 Å². The summed E-state index contributed by atoms with van der Waals surface area (Å²) in [5.74, 6) is -0.553. The van der Waals surface area contributed by atoms with E-state index in [1.165, 1.54) is 38.6 Å². The molecule has 1 aromatic carbocycles. The van der Waals surface area contributed by atoms with Gasteiger partial charge in [0.25, 0.3) is 5.91 Å². The first-order valence-corrected chi connectivity index (χ1v) is 6.84. The van der Waals surface area contributed by atoms with Gasteiger partial charge in [-0.15, -0.1) is 0 Å². The molecular formula is C16H16N2O5. The van der Waals surface area contributed by atoms with Gasteiger partial charge in [-0.25, -0.2) is 4.79 Å². The van der Waals surface area contributed by atoms with Gasteiger partial charge in [0.15, 0.2) is 18.5 Å². The summed E-state index contributed by atoms with van der Waals surface area (Å²) in [6, 6.07) is 9.46. The minimum Gasteiger partial charge on any atom is -0.619 e. The average Bonchev–Trinajstić information content (AvgIpc) is 2.55. The molecule has 7 nitrogen and oxygen atoms in total. The zero-order valence-electron chi connectivity index (χ0n) is 12.7. The van der Waals surface area contributed by atoms with Crippen molar-refractivity contribution < 1.29 is 23.8 Å². The number of aromatic nitrogens is 1. The van der Waals surface area contributed by atoms with E-state index >= 15 is 0 Å². The van der Waals surface area contributed by atoms with Gasteiger partial charge in [-0.1, -0.05) is 6.07 Å². The van der Waals surface area contributed by atoms with Crippen LogP contribution in [0.2, 0.25) is 0 Å². The fourth-order valence-corrected chi connectivity index (χ4v) is 1.78. The van der Waals surface area contributed by atoms with Crippen molar-refractivity contribution in [3.63, 3.8) is 0 Å². The van der Waals surface area contributed by atoms with E-state index in [1.54, 1.807) is 24.3 Å². The number of ether oxygens (including phenoxy) is 2. The van der Waals surface area contributed by atoms with E-state index in [4.69, 9.17) is 9.47 Å². The molecule has 0 saturated carbocycles. The van der Waals surface area contributed by atoms with Gasteiger partial charge in [0.1, 0.15) is 5.75 Å². The van der Waals surface area contributed by atoms with Crippen LogP contribution < -0.4 is 14.8 Å². The zero-order valence-corrected chi connectivity index (χ0v) is 12.7. The fourth-order valence-electron chi connectivity index (χ4n) is 1.78. The monoisotopic (exact) mass is 316 g/mol. The first-order valence-electron chi connectivity index (χ1n) is 6.84. The number of nitrogens with one attached hydrogen (secondary N) is 1. The number of hydrogen-bond acceptors (Lipinski definition) is 5. The van der Waals surface area contributed by atoms with Crippen LogP contribution >= 0.6 is 0 Å². The summed E-state index contributed by atoms with van der Waals surface area (Å²) in [4.78, 5) is 23.9. The third-order valence-corrected chi connectivity index (χ3v) is 3.03. The van der Waals surface area contributed by atoms with Crippen molar-refractivity contribution in [1.29, 1.82) is 0 Å². The van der Waals surface area contributed by atoms with Crippen molar-refractivity contribution in [2.45, 2.75) is 13.0 Å². The highest BCUT2D eigenvalue weighted by molar-refractivity contribution is 5.97. The summed E-state index contributed by atoms with van der Waals surface area (Å²) >= 11 is 0. The summed E-state index contributed by atoms with van der Waals surface area (Å²) in [6.07, 6.45) is 1.36. The van der Waals surface area contributed by atoms with Gasteiger partial charge in [-0.05, 0) is 19.1 Å². The van der Waals surface area contributed by atoms with Crippen LogP contribution in [0.3, 0.4) is 0 Å². The molecule has 0 aliphatic heterocycles. The lowest BCUT2D eigenvalue weighted by Crippen LogP contribution is -2.30. The number of esters is 1. The summed E-state index contributed by atoms with van der Waals surface area (Å²) < 4.78 is 10.7. The maximum atomic E-state index is 12.0.